The third kappa shape index (κ3) is 4.07. The summed E-state index contributed by atoms with van der Waals surface area (Å²) in [6.07, 6.45) is 2.99. The van der Waals surface area contributed by atoms with Crippen molar-refractivity contribution < 1.29 is 19.8 Å². The highest BCUT2D eigenvalue weighted by atomic mass is 16.4. The van der Waals surface area contributed by atoms with Gasteiger partial charge in [0.05, 0.1) is 18.4 Å². The second-order valence-corrected chi connectivity index (χ2v) is 3.63. The molecule has 1 atom stereocenters. The summed E-state index contributed by atoms with van der Waals surface area (Å²) in [5.74, 6) is -1.40. The number of hydrogen-bond donors (Lipinski definition) is 4. The van der Waals surface area contributed by atoms with Crippen LogP contribution < -0.4 is 10.6 Å². The number of carbonyl (C=O) groups excluding carboxylic acids is 1. The number of hydrogen-bond acceptors (Lipinski definition) is 4. The van der Waals surface area contributed by atoms with Crippen LogP contribution in [0.1, 0.15) is 6.92 Å². The minimum Gasteiger partial charge on any atom is -0.479 e. The zero-order valence-electron chi connectivity index (χ0n) is 9.17. The molecule has 0 saturated heterocycles. The summed E-state index contributed by atoms with van der Waals surface area (Å²) in [7, 11) is 0. The summed E-state index contributed by atoms with van der Waals surface area (Å²) in [6.45, 7) is 0.702. The predicted molar refractivity (Wildman–Crippen MR) is 59.5 cm³/mol. The lowest BCUT2D eigenvalue weighted by Crippen LogP contribution is -2.47. The van der Waals surface area contributed by atoms with Crippen LogP contribution in [0.3, 0.4) is 0 Å². The number of urea groups is 1. The van der Waals surface area contributed by atoms with Crippen LogP contribution in [0.5, 0.6) is 0 Å². The topological polar surface area (TPSA) is 112 Å². The number of carboxylic acid groups (broad SMARTS) is 1. The molecule has 1 unspecified atom stereocenters. The number of carbonyl (C=O) groups is 2. The maximum atomic E-state index is 11.3. The van der Waals surface area contributed by atoms with Gasteiger partial charge in [0.1, 0.15) is 0 Å². The molecule has 1 aromatic heterocycles. The summed E-state index contributed by atoms with van der Waals surface area (Å²) >= 11 is 0. The third-order valence-corrected chi connectivity index (χ3v) is 1.97. The number of aliphatic carboxylic acids is 1. The summed E-state index contributed by atoms with van der Waals surface area (Å²) in [6, 6.07) is 2.66. The van der Waals surface area contributed by atoms with E-state index < -0.39 is 24.1 Å². The van der Waals surface area contributed by atoms with Gasteiger partial charge in [-0.05, 0) is 19.1 Å². The lowest BCUT2D eigenvalue weighted by Gasteiger charge is -2.18. The van der Waals surface area contributed by atoms with E-state index in [0.717, 1.165) is 6.92 Å². The zero-order valence-corrected chi connectivity index (χ0v) is 9.17. The van der Waals surface area contributed by atoms with Crippen LogP contribution in [0.2, 0.25) is 0 Å². The van der Waals surface area contributed by atoms with Crippen LogP contribution in [0.15, 0.2) is 24.5 Å². The molecule has 7 heteroatoms. The minimum atomic E-state index is -1.99. The minimum absolute atomic E-state index is 0.394. The Morgan fingerprint density at radius 3 is 2.76 bits per heavy atom. The maximum absolute atomic E-state index is 11.3. The summed E-state index contributed by atoms with van der Waals surface area (Å²) < 4.78 is 0. The zero-order chi connectivity index (χ0) is 12.9. The quantitative estimate of drug-likeness (QED) is 0.592. The molecular weight excluding hydrogens is 226 g/mol. The van der Waals surface area contributed by atoms with Crippen molar-refractivity contribution in [3.8, 4) is 0 Å². The SMILES string of the molecule is CC(O)(CNC(=O)Nc1cccnc1)C(=O)O. The number of pyridine rings is 1. The molecule has 0 fully saturated rings. The molecule has 1 heterocycles. The molecule has 1 rings (SSSR count). The Morgan fingerprint density at radius 2 is 2.24 bits per heavy atom. The lowest BCUT2D eigenvalue weighted by molar-refractivity contribution is -0.155. The molecule has 0 aliphatic heterocycles. The van der Waals surface area contributed by atoms with E-state index in [0.29, 0.717) is 5.69 Å². The molecule has 2 amide bonds. The van der Waals surface area contributed by atoms with Crippen molar-refractivity contribution >= 4 is 17.7 Å². The first kappa shape index (κ1) is 12.9. The van der Waals surface area contributed by atoms with Crippen LogP contribution in [-0.4, -0.2) is 39.3 Å². The van der Waals surface area contributed by atoms with Crippen molar-refractivity contribution in [1.29, 1.82) is 0 Å². The van der Waals surface area contributed by atoms with Crippen molar-refractivity contribution in [2.75, 3.05) is 11.9 Å². The van der Waals surface area contributed by atoms with Gasteiger partial charge in [-0.1, -0.05) is 0 Å². The molecule has 0 aliphatic rings. The molecule has 7 nitrogen and oxygen atoms in total. The first-order valence-electron chi connectivity index (χ1n) is 4.82. The molecule has 0 aromatic carbocycles. The highest BCUT2D eigenvalue weighted by Gasteiger charge is 2.30. The Labute approximate surface area is 97.5 Å². The summed E-state index contributed by atoms with van der Waals surface area (Å²) in [5.41, 5.74) is -1.52. The Kier molecular flexibility index (Phi) is 4.00. The Morgan fingerprint density at radius 1 is 1.53 bits per heavy atom. The van der Waals surface area contributed by atoms with E-state index in [2.05, 4.69) is 15.6 Å². The van der Waals surface area contributed by atoms with Crippen molar-refractivity contribution in [2.45, 2.75) is 12.5 Å². The molecule has 0 bridgehead atoms. The van der Waals surface area contributed by atoms with Gasteiger partial charge in [-0.2, -0.15) is 0 Å². The number of anilines is 1. The van der Waals surface area contributed by atoms with E-state index in [1.165, 1.54) is 6.20 Å². The second-order valence-electron chi connectivity index (χ2n) is 3.63. The van der Waals surface area contributed by atoms with Crippen molar-refractivity contribution in [2.24, 2.45) is 0 Å². The second kappa shape index (κ2) is 5.26. The highest BCUT2D eigenvalue weighted by Crippen LogP contribution is 2.03. The number of amides is 2. The van der Waals surface area contributed by atoms with Gasteiger partial charge < -0.3 is 20.8 Å². The van der Waals surface area contributed by atoms with Gasteiger partial charge in [0.2, 0.25) is 0 Å². The van der Waals surface area contributed by atoms with Gasteiger partial charge >= 0.3 is 12.0 Å². The van der Waals surface area contributed by atoms with Gasteiger partial charge in [0.15, 0.2) is 5.60 Å². The average Bonchev–Trinajstić information content (AvgIpc) is 2.28. The van der Waals surface area contributed by atoms with E-state index in [4.69, 9.17) is 5.11 Å². The lowest BCUT2D eigenvalue weighted by atomic mass is 10.1. The molecule has 0 saturated carbocycles. The fraction of sp³-hybridized carbons (Fsp3) is 0.300. The van der Waals surface area contributed by atoms with Crippen molar-refractivity contribution in [1.82, 2.24) is 10.3 Å². The average molecular weight is 239 g/mol. The van der Waals surface area contributed by atoms with E-state index in [-0.39, 0.29) is 0 Å². The number of carboxylic acids is 1. The normalized spacial score (nSPS) is 13.5. The van der Waals surface area contributed by atoms with E-state index >= 15 is 0 Å². The first-order chi connectivity index (χ1) is 7.92. The fourth-order valence-electron chi connectivity index (χ4n) is 0.940. The maximum Gasteiger partial charge on any atom is 0.337 e. The van der Waals surface area contributed by atoms with Gasteiger partial charge in [-0.3, -0.25) is 4.98 Å². The van der Waals surface area contributed by atoms with Crippen LogP contribution in [0, 0.1) is 0 Å². The largest absolute Gasteiger partial charge is 0.479 e. The van der Waals surface area contributed by atoms with E-state index in [1.54, 1.807) is 18.3 Å². The predicted octanol–water partition coefficient (Wildman–Crippen LogP) is 0.0387. The molecule has 92 valence electrons. The van der Waals surface area contributed by atoms with Gasteiger partial charge in [-0.25, -0.2) is 9.59 Å². The molecule has 17 heavy (non-hydrogen) atoms. The fourth-order valence-corrected chi connectivity index (χ4v) is 0.940. The Bertz CT molecular complexity index is 405. The van der Waals surface area contributed by atoms with Gasteiger partial charge in [0, 0.05) is 6.20 Å². The number of aliphatic hydroxyl groups is 1. The molecule has 0 radical (unpaired) electrons. The monoisotopic (exact) mass is 239 g/mol. The van der Waals surface area contributed by atoms with Gasteiger partial charge in [0.25, 0.3) is 0 Å². The Balaban J connectivity index is 2.44. The number of nitrogens with one attached hydrogen (secondary N) is 2. The number of aromatic nitrogens is 1. The first-order valence-corrected chi connectivity index (χ1v) is 4.82. The standard InChI is InChI=1S/C10H13N3O4/c1-10(17,8(14)15)6-12-9(16)13-7-3-2-4-11-5-7/h2-5,17H,6H2,1H3,(H,14,15)(H2,12,13,16). The summed E-state index contributed by atoms with van der Waals surface area (Å²) in [5, 5.41) is 22.6. The number of nitrogens with zero attached hydrogens (tertiary/aromatic N) is 1. The van der Waals surface area contributed by atoms with Crippen LogP contribution in [0.25, 0.3) is 0 Å². The highest BCUT2D eigenvalue weighted by molar-refractivity contribution is 5.89. The van der Waals surface area contributed by atoms with Crippen LogP contribution >= 0.6 is 0 Å². The molecule has 0 aliphatic carbocycles. The smallest absolute Gasteiger partial charge is 0.337 e. The molecular formula is C10H13N3O4. The van der Waals surface area contributed by atoms with E-state index in [1.807, 2.05) is 0 Å². The van der Waals surface area contributed by atoms with Gasteiger partial charge in [-0.15, -0.1) is 0 Å². The van der Waals surface area contributed by atoms with Crippen LogP contribution in [0.4, 0.5) is 10.5 Å². The molecule has 1 aromatic rings. The van der Waals surface area contributed by atoms with Crippen LogP contribution in [-0.2, 0) is 4.79 Å². The number of rotatable bonds is 4. The van der Waals surface area contributed by atoms with Crippen molar-refractivity contribution in [3.05, 3.63) is 24.5 Å². The third-order valence-electron chi connectivity index (χ3n) is 1.97. The molecule has 0 spiro atoms. The van der Waals surface area contributed by atoms with Crippen molar-refractivity contribution in [3.63, 3.8) is 0 Å². The summed E-state index contributed by atoms with van der Waals surface area (Å²) in [4.78, 5) is 25.7. The molecule has 4 N–H and O–H groups in total. The van der Waals surface area contributed by atoms with E-state index in [9.17, 15) is 14.7 Å². The Hall–Kier alpha value is -2.15.